The highest BCUT2D eigenvalue weighted by atomic mass is 35.5. The fraction of sp³-hybridized carbons (Fsp3) is 0.0833. The zero-order valence-electron chi connectivity index (χ0n) is 9.84. The molecule has 0 spiro atoms. The Bertz CT molecular complexity index is 559. The summed E-state index contributed by atoms with van der Waals surface area (Å²) in [5.74, 6) is 5.35. The number of halogens is 1. The monoisotopic (exact) mass is 294 g/mol. The van der Waals surface area contributed by atoms with Crippen LogP contribution in [0.5, 0.6) is 0 Å². The molecule has 1 amide bonds. The van der Waals surface area contributed by atoms with E-state index >= 15 is 0 Å². The van der Waals surface area contributed by atoms with E-state index in [2.05, 4.69) is 15.4 Å². The molecule has 2 rings (SSSR count). The van der Waals surface area contributed by atoms with Crippen LogP contribution in [0.1, 0.15) is 16.1 Å². The lowest BCUT2D eigenvalue weighted by atomic mass is 10.2. The number of nitrogens with zero attached hydrogens (tertiary/aromatic N) is 2. The minimum absolute atomic E-state index is 0.355. The van der Waals surface area contributed by atoms with Gasteiger partial charge in [-0.25, -0.2) is 10.8 Å². The Morgan fingerprint density at radius 1 is 1.26 bits per heavy atom. The van der Waals surface area contributed by atoms with E-state index in [4.69, 9.17) is 17.4 Å². The number of hydrazine groups is 1. The van der Waals surface area contributed by atoms with Crippen LogP contribution in [-0.4, -0.2) is 15.9 Å². The third-order valence-electron chi connectivity index (χ3n) is 2.29. The summed E-state index contributed by atoms with van der Waals surface area (Å²) in [6, 6.07) is 7.11. The van der Waals surface area contributed by atoms with Crippen LogP contribution in [0.25, 0.3) is 0 Å². The van der Waals surface area contributed by atoms with Gasteiger partial charge in [-0.3, -0.25) is 15.2 Å². The summed E-state index contributed by atoms with van der Waals surface area (Å²) in [6.45, 7) is 0. The van der Waals surface area contributed by atoms with Crippen LogP contribution in [0.2, 0.25) is 5.02 Å². The summed E-state index contributed by atoms with van der Waals surface area (Å²) in [7, 11) is 0. The first kappa shape index (κ1) is 13.8. The number of carbonyl (C=O) groups excluding carboxylic acids is 1. The SMILES string of the molecule is NNC(=O)c1ccc(CSc2ccc(Cl)cn2)nc1. The highest BCUT2D eigenvalue weighted by Crippen LogP contribution is 2.20. The average molecular weight is 295 g/mol. The van der Waals surface area contributed by atoms with E-state index in [1.807, 2.05) is 6.07 Å². The normalized spacial score (nSPS) is 10.2. The Morgan fingerprint density at radius 3 is 2.68 bits per heavy atom. The summed E-state index contributed by atoms with van der Waals surface area (Å²) in [6.07, 6.45) is 3.10. The summed E-state index contributed by atoms with van der Waals surface area (Å²) in [5.41, 5.74) is 3.35. The number of nitrogen functional groups attached to an aromatic ring is 1. The number of pyridine rings is 2. The first-order valence-corrected chi connectivity index (χ1v) is 6.75. The van der Waals surface area contributed by atoms with Crippen LogP contribution in [0.3, 0.4) is 0 Å². The number of hydrogen-bond acceptors (Lipinski definition) is 5. The van der Waals surface area contributed by atoms with Crippen molar-refractivity contribution in [1.82, 2.24) is 15.4 Å². The maximum absolute atomic E-state index is 11.2. The van der Waals surface area contributed by atoms with Gasteiger partial charge in [-0.15, -0.1) is 11.8 Å². The molecule has 0 radical (unpaired) electrons. The van der Waals surface area contributed by atoms with E-state index < -0.39 is 0 Å². The van der Waals surface area contributed by atoms with E-state index in [-0.39, 0.29) is 5.91 Å². The van der Waals surface area contributed by atoms with Gasteiger partial charge in [0, 0.05) is 18.1 Å². The molecule has 0 aliphatic rings. The molecule has 0 unspecified atom stereocenters. The molecule has 0 aliphatic heterocycles. The quantitative estimate of drug-likeness (QED) is 0.390. The van der Waals surface area contributed by atoms with Gasteiger partial charge in [-0.2, -0.15) is 0 Å². The molecule has 5 nitrogen and oxygen atoms in total. The molecule has 98 valence electrons. The Morgan fingerprint density at radius 2 is 2.11 bits per heavy atom. The van der Waals surface area contributed by atoms with Gasteiger partial charge in [0.25, 0.3) is 5.91 Å². The molecule has 0 aliphatic carbocycles. The van der Waals surface area contributed by atoms with E-state index in [1.165, 1.54) is 6.20 Å². The average Bonchev–Trinajstić information content (AvgIpc) is 2.46. The number of hydrogen-bond donors (Lipinski definition) is 2. The van der Waals surface area contributed by atoms with Crippen molar-refractivity contribution < 1.29 is 4.79 Å². The van der Waals surface area contributed by atoms with Crippen molar-refractivity contribution in [2.24, 2.45) is 5.84 Å². The molecule has 7 heteroatoms. The second-order valence-corrected chi connectivity index (χ2v) is 5.05. The van der Waals surface area contributed by atoms with Gasteiger partial charge in [-0.05, 0) is 24.3 Å². The molecule has 19 heavy (non-hydrogen) atoms. The van der Waals surface area contributed by atoms with Crippen molar-refractivity contribution in [1.29, 1.82) is 0 Å². The summed E-state index contributed by atoms with van der Waals surface area (Å²) >= 11 is 7.30. The van der Waals surface area contributed by atoms with Crippen LogP contribution in [0, 0.1) is 0 Å². The third-order valence-corrected chi connectivity index (χ3v) is 3.49. The predicted molar refractivity (Wildman–Crippen MR) is 74.7 cm³/mol. The number of amides is 1. The number of thioether (sulfide) groups is 1. The minimum Gasteiger partial charge on any atom is -0.290 e. The van der Waals surface area contributed by atoms with Crippen LogP contribution >= 0.6 is 23.4 Å². The van der Waals surface area contributed by atoms with Gasteiger partial charge < -0.3 is 0 Å². The number of rotatable bonds is 4. The van der Waals surface area contributed by atoms with Gasteiger partial charge in [0.2, 0.25) is 0 Å². The fourth-order valence-electron chi connectivity index (χ4n) is 1.32. The molecule has 0 saturated carbocycles. The first-order chi connectivity index (χ1) is 9.19. The molecular weight excluding hydrogens is 284 g/mol. The molecule has 0 fully saturated rings. The molecule has 2 aromatic heterocycles. The Kier molecular flexibility index (Phi) is 4.73. The van der Waals surface area contributed by atoms with E-state index in [9.17, 15) is 4.79 Å². The van der Waals surface area contributed by atoms with E-state index in [0.29, 0.717) is 16.3 Å². The molecule has 2 aromatic rings. The topological polar surface area (TPSA) is 80.9 Å². The van der Waals surface area contributed by atoms with Crippen LogP contribution < -0.4 is 11.3 Å². The van der Waals surface area contributed by atoms with Gasteiger partial charge in [-0.1, -0.05) is 11.6 Å². The van der Waals surface area contributed by atoms with Crippen molar-refractivity contribution >= 4 is 29.3 Å². The maximum Gasteiger partial charge on any atom is 0.266 e. The second-order valence-electron chi connectivity index (χ2n) is 3.62. The van der Waals surface area contributed by atoms with Gasteiger partial charge in [0.05, 0.1) is 21.3 Å². The third kappa shape index (κ3) is 3.92. The van der Waals surface area contributed by atoms with Gasteiger partial charge in [0.15, 0.2) is 0 Å². The molecule has 2 heterocycles. The Labute approximate surface area is 119 Å². The molecular formula is C12H11ClN4OS. The fourth-order valence-corrected chi connectivity index (χ4v) is 2.19. The lowest BCUT2D eigenvalue weighted by Crippen LogP contribution is -2.30. The standard InChI is InChI=1S/C12H11ClN4OS/c13-9-2-4-11(16-6-9)19-7-10-3-1-8(5-15-10)12(18)17-14/h1-6H,7,14H2,(H,17,18). The largest absolute Gasteiger partial charge is 0.290 e. The van der Waals surface area contributed by atoms with Gasteiger partial charge >= 0.3 is 0 Å². The lowest BCUT2D eigenvalue weighted by molar-refractivity contribution is 0.0953. The molecule has 3 N–H and O–H groups in total. The van der Waals surface area contributed by atoms with Crippen molar-refractivity contribution in [3.63, 3.8) is 0 Å². The van der Waals surface area contributed by atoms with E-state index in [1.54, 1.807) is 36.2 Å². The Balaban J connectivity index is 1.96. The summed E-state index contributed by atoms with van der Waals surface area (Å²) < 4.78 is 0. The lowest BCUT2D eigenvalue weighted by Gasteiger charge is -2.02. The zero-order chi connectivity index (χ0) is 13.7. The summed E-state index contributed by atoms with van der Waals surface area (Å²) in [4.78, 5) is 19.6. The van der Waals surface area contributed by atoms with Crippen molar-refractivity contribution in [2.45, 2.75) is 10.8 Å². The van der Waals surface area contributed by atoms with Crippen molar-refractivity contribution in [2.75, 3.05) is 0 Å². The second kappa shape index (κ2) is 6.51. The van der Waals surface area contributed by atoms with Crippen LogP contribution in [-0.2, 0) is 5.75 Å². The molecule has 0 atom stereocenters. The highest BCUT2D eigenvalue weighted by molar-refractivity contribution is 7.98. The smallest absolute Gasteiger partial charge is 0.266 e. The van der Waals surface area contributed by atoms with Gasteiger partial charge in [0.1, 0.15) is 0 Å². The van der Waals surface area contributed by atoms with Crippen LogP contribution in [0.15, 0.2) is 41.7 Å². The van der Waals surface area contributed by atoms with Crippen LogP contribution in [0.4, 0.5) is 0 Å². The Hall–Kier alpha value is -1.63. The predicted octanol–water partition coefficient (Wildman–Crippen LogP) is 2.03. The number of carbonyl (C=O) groups is 1. The minimum atomic E-state index is -0.355. The van der Waals surface area contributed by atoms with E-state index in [0.717, 1.165) is 10.7 Å². The van der Waals surface area contributed by atoms with Crippen molar-refractivity contribution in [3.05, 3.63) is 52.9 Å². The zero-order valence-corrected chi connectivity index (χ0v) is 11.4. The molecule has 0 aromatic carbocycles. The number of nitrogens with two attached hydrogens (primary N) is 1. The first-order valence-electron chi connectivity index (χ1n) is 5.39. The van der Waals surface area contributed by atoms with Crippen molar-refractivity contribution in [3.8, 4) is 0 Å². The maximum atomic E-state index is 11.2. The highest BCUT2D eigenvalue weighted by Gasteiger charge is 2.04. The molecule has 0 bridgehead atoms. The molecule has 0 saturated heterocycles. The summed E-state index contributed by atoms with van der Waals surface area (Å²) in [5, 5.41) is 1.48. The number of nitrogens with one attached hydrogen (secondary N) is 1. The number of aromatic nitrogens is 2.